The number of likely N-dealkylation sites (tertiary alicyclic amines) is 1. The van der Waals surface area contributed by atoms with Crippen molar-refractivity contribution in [1.29, 1.82) is 0 Å². The molecule has 82 valence electrons. The summed E-state index contributed by atoms with van der Waals surface area (Å²) in [6, 6.07) is -0.213. The SMILES string of the molecule is C[Si](C)(C)CN1CCCCC1C(=O)O. The van der Waals surface area contributed by atoms with Crippen LogP contribution >= 0.6 is 0 Å². The first-order chi connectivity index (χ1) is 6.40. The molecule has 3 nitrogen and oxygen atoms in total. The van der Waals surface area contributed by atoms with E-state index in [0.717, 1.165) is 32.0 Å². The van der Waals surface area contributed by atoms with Gasteiger partial charge in [-0.15, -0.1) is 0 Å². The molecule has 0 amide bonds. The zero-order valence-corrected chi connectivity index (χ0v) is 10.4. The third-order valence-electron chi connectivity index (χ3n) is 2.58. The Morgan fingerprint density at radius 3 is 2.57 bits per heavy atom. The Balaban J connectivity index is 2.59. The maximum Gasteiger partial charge on any atom is 0.320 e. The molecule has 1 aliphatic rings. The summed E-state index contributed by atoms with van der Waals surface area (Å²) in [7, 11) is -1.17. The number of rotatable bonds is 3. The molecule has 0 spiro atoms. The molecule has 0 saturated carbocycles. The minimum atomic E-state index is -1.17. The number of hydrogen-bond acceptors (Lipinski definition) is 2. The summed E-state index contributed by atoms with van der Waals surface area (Å²) < 4.78 is 0. The van der Waals surface area contributed by atoms with E-state index >= 15 is 0 Å². The van der Waals surface area contributed by atoms with Crippen LogP contribution in [0.15, 0.2) is 0 Å². The molecule has 1 saturated heterocycles. The van der Waals surface area contributed by atoms with Crippen molar-refractivity contribution in [1.82, 2.24) is 4.90 Å². The maximum absolute atomic E-state index is 11.0. The van der Waals surface area contributed by atoms with Gasteiger partial charge in [-0.3, -0.25) is 9.69 Å². The van der Waals surface area contributed by atoms with Crippen molar-refractivity contribution in [3.8, 4) is 0 Å². The number of piperidine rings is 1. The molecule has 14 heavy (non-hydrogen) atoms. The second kappa shape index (κ2) is 4.44. The van der Waals surface area contributed by atoms with Crippen molar-refractivity contribution >= 4 is 14.0 Å². The first-order valence-electron chi connectivity index (χ1n) is 5.37. The van der Waals surface area contributed by atoms with Crippen molar-refractivity contribution < 1.29 is 9.90 Å². The summed E-state index contributed by atoms with van der Waals surface area (Å²) in [6.45, 7) is 7.85. The molecule has 1 atom stereocenters. The summed E-state index contributed by atoms with van der Waals surface area (Å²) in [5, 5.41) is 9.08. The lowest BCUT2D eigenvalue weighted by atomic mass is 10.0. The van der Waals surface area contributed by atoms with Crippen LogP contribution in [-0.2, 0) is 4.79 Å². The van der Waals surface area contributed by atoms with Gasteiger partial charge in [0.25, 0.3) is 0 Å². The van der Waals surface area contributed by atoms with Gasteiger partial charge in [0.1, 0.15) is 6.04 Å². The normalized spacial score (nSPS) is 24.9. The summed E-state index contributed by atoms with van der Waals surface area (Å²) in [4.78, 5) is 13.2. The van der Waals surface area contributed by atoms with Crippen molar-refractivity contribution in [2.75, 3.05) is 12.7 Å². The van der Waals surface area contributed by atoms with E-state index in [0.29, 0.717) is 0 Å². The van der Waals surface area contributed by atoms with Crippen LogP contribution in [0.5, 0.6) is 0 Å². The highest BCUT2D eigenvalue weighted by Crippen LogP contribution is 2.19. The van der Waals surface area contributed by atoms with Crippen molar-refractivity contribution in [3.05, 3.63) is 0 Å². The van der Waals surface area contributed by atoms with E-state index in [2.05, 4.69) is 24.5 Å². The lowest BCUT2D eigenvalue weighted by Crippen LogP contribution is -2.51. The largest absolute Gasteiger partial charge is 0.480 e. The summed E-state index contributed by atoms with van der Waals surface area (Å²) in [6.07, 6.45) is 4.08. The van der Waals surface area contributed by atoms with E-state index in [1.807, 2.05) is 0 Å². The molecular formula is C10H21NO2Si. The molecule has 1 heterocycles. The minimum absolute atomic E-state index is 0.213. The first-order valence-corrected chi connectivity index (χ1v) is 9.08. The molecule has 4 heteroatoms. The van der Waals surface area contributed by atoms with Crippen LogP contribution in [-0.4, -0.2) is 42.8 Å². The Bertz CT molecular complexity index is 213. The molecule has 0 radical (unpaired) electrons. The first kappa shape index (κ1) is 11.7. The monoisotopic (exact) mass is 215 g/mol. The number of carboxylic acids is 1. The van der Waals surface area contributed by atoms with Crippen LogP contribution in [0, 0.1) is 0 Å². The molecule has 1 N–H and O–H groups in total. The third-order valence-corrected chi connectivity index (χ3v) is 3.93. The second-order valence-electron chi connectivity index (χ2n) is 5.38. The van der Waals surface area contributed by atoms with Crippen molar-refractivity contribution in [2.45, 2.75) is 44.9 Å². The molecule has 0 aromatic carbocycles. The van der Waals surface area contributed by atoms with E-state index in [1.165, 1.54) is 0 Å². The molecule has 0 bridgehead atoms. The van der Waals surface area contributed by atoms with Crippen LogP contribution in [0.3, 0.4) is 0 Å². The molecule has 0 aromatic rings. The van der Waals surface area contributed by atoms with Gasteiger partial charge < -0.3 is 5.11 Å². The van der Waals surface area contributed by atoms with Crippen LogP contribution in [0.4, 0.5) is 0 Å². The average Bonchev–Trinajstić information content (AvgIpc) is 2.01. The molecule has 1 rings (SSSR count). The van der Waals surface area contributed by atoms with Gasteiger partial charge in [-0.25, -0.2) is 0 Å². The Kier molecular flexibility index (Phi) is 3.72. The van der Waals surface area contributed by atoms with Crippen LogP contribution < -0.4 is 0 Å². The average molecular weight is 215 g/mol. The minimum Gasteiger partial charge on any atom is -0.480 e. The Labute approximate surface area is 87.1 Å². The molecule has 1 aliphatic heterocycles. The van der Waals surface area contributed by atoms with E-state index < -0.39 is 14.0 Å². The third kappa shape index (κ3) is 3.42. The highest BCUT2D eigenvalue weighted by atomic mass is 28.3. The van der Waals surface area contributed by atoms with E-state index in [4.69, 9.17) is 5.11 Å². The highest BCUT2D eigenvalue weighted by Gasteiger charge is 2.31. The number of carbonyl (C=O) groups is 1. The Morgan fingerprint density at radius 1 is 1.43 bits per heavy atom. The van der Waals surface area contributed by atoms with Gasteiger partial charge >= 0.3 is 5.97 Å². The van der Waals surface area contributed by atoms with E-state index in [1.54, 1.807) is 0 Å². The molecule has 0 aromatic heterocycles. The van der Waals surface area contributed by atoms with Gasteiger partial charge in [-0.05, 0) is 25.6 Å². The van der Waals surface area contributed by atoms with E-state index in [9.17, 15) is 4.79 Å². The zero-order valence-electron chi connectivity index (χ0n) is 9.42. The fourth-order valence-corrected chi connectivity index (χ4v) is 3.67. The molecular weight excluding hydrogens is 194 g/mol. The van der Waals surface area contributed by atoms with Crippen LogP contribution in [0.2, 0.25) is 19.6 Å². The lowest BCUT2D eigenvalue weighted by Gasteiger charge is -2.36. The maximum atomic E-state index is 11.0. The summed E-state index contributed by atoms with van der Waals surface area (Å²) in [5.74, 6) is -0.636. The Hall–Kier alpha value is -0.353. The van der Waals surface area contributed by atoms with Crippen molar-refractivity contribution in [3.63, 3.8) is 0 Å². The predicted octanol–water partition coefficient (Wildman–Crippen LogP) is 1.80. The van der Waals surface area contributed by atoms with E-state index in [-0.39, 0.29) is 6.04 Å². The fourth-order valence-electron chi connectivity index (χ4n) is 2.07. The summed E-state index contributed by atoms with van der Waals surface area (Å²) >= 11 is 0. The fraction of sp³-hybridized carbons (Fsp3) is 0.900. The number of nitrogens with zero attached hydrogens (tertiary/aromatic N) is 1. The van der Waals surface area contributed by atoms with Crippen molar-refractivity contribution in [2.24, 2.45) is 0 Å². The van der Waals surface area contributed by atoms with Gasteiger partial charge in [0.2, 0.25) is 0 Å². The number of carboxylic acid groups (broad SMARTS) is 1. The molecule has 0 aliphatic carbocycles. The highest BCUT2D eigenvalue weighted by molar-refractivity contribution is 6.76. The Morgan fingerprint density at radius 2 is 2.07 bits per heavy atom. The predicted molar refractivity (Wildman–Crippen MR) is 60.2 cm³/mol. The van der Waals surface area contributed by atoms with Gasteiger partial charge in [0.05, 0.1) is 8.07 Å². The topological polar surface area (TPSA) is 40.5 Å². The van der Waals surface area contributed by atoms with Gasteiger partial charge in [-0.1, -0.05) is 26.1 Å². The lowest BCUT2D eigenvalue weighted by molar-refractivity contribution is -0.144. The quantitative estimate of drug-likeness (QED) is 0.730. The molecule has 1 fully saturated rings. The molecule has 1 unspecified atom stereocenters. The summed E-state index contributed by atoms with van der Waals surface area (Å²) in [5.41, 5.74) is 0. The number of aliphatic carboxylic acids is 1. The standard InChI is InChI=1S/C10H21NO2Si/c1-14(2,3)8-11-7-5-4-6-9(11)10(12)13/h9H,4-8H2,1-3H3,(H,12,13). The smallest absolute Gasteiger partial charge is 0.320 e. The van der Waals surface area contributed by atoms with Crippen LogP contribution in [0.1, 0.15) is 19.3 Å². The zero-order chi connectivity index (χ0) is 10.8. The van der Waals surface area contributed by atoms with Gasteiger partial charge in [0.15, 0.2) is 0 Å². The van der Waals surface area contributed by atoms with Crippen LogP contribution in [0.25, 0.3) is 0 Å². The number of hydrogen-bond donors (Lipinski definition) is 1. The second-order valence-corrected chi connectivity index (χ2v) is 10.8. The van der Waals surface area contributed by atoms with Gasteiger partial charge in [-0.2, -0.15) is 0 Å². The van der Waals surface area contributed by atoms with Gasteiger partial charge in [0, 0.05) is 0 Å².